The van der Waals surface area contributed by atoms with Crippen molar-refractivity contribution in [2.45, 2.75) is 11.2 Å². The molecule has 7 heavy (non-hydrogen) atoms. The standard InChI is InChI=1S/C3H5BrF2O/c4-3(7)2(6)1-5/h2-3,7H,1H2. The molecule has 0 heterocycles. The lowest BCUT2D eigenvalue weighted by Crippen LogP contribution is -2.16. The number of rotatable bonds is 2. The van der Waals surface area contributed by atoms with E-state index in [1.54, 1.807) is 0 Å². The van der Waals surface area contributed by atoms with E-state index in [1.807, 2.05) is 0 Å². The van der Waals surface area contributed by atoms with Crippen LogP contribution in [0.5, 0.6) is 0 Å². The van der Waals surface area contributed by atoms with Gasteiger partial charge in [0.05, 0.1) is 0 Å². The minimum atomic E-state index is -1.79. The fourth-order valence-electron chi connectivity index (χ4n) is 0.0735. The van der Waals surface area contributed by atoms with Gasteiger partial charge in [0.15, 0.2) is 6.17 Å². The molecule has 0 aliphatic heterocycles. The van der Waals surface area contributed by atoms with Crippen molar-refractivity contribution in [3.05, 3.63) is 0 Å². The van der Waals surface area contributed by atoms with Gasteiger partial charge in [-0.3, -0.25) is 0 Å². The molecule has 0 amide bonds. The van der Waals surface area contributed by atoms with E-state index in [4.69, 9.17) is 5.11 Å². The first-order valence-corrected chi connectivity index (χ1v) is 2.62. The van der Waals surface area contributed by atoms with Gasteiger partial charge in [-0.2, -0.15) is 0 Å². The molecule has 0 bridgehead atoms. The van der Waals surface area contributed by atoms with Gasteiger partial charge in [-0.25, -0.2) is 8.78 Å². The van der Waals surface area contributed by atoms with Gasteiger partial charge in [-0.15, -0.1) is 0 Å². The Hall–Kier alpha value is 0.300. The van der Waals surface area contributed by atoms with Gasteiger partial charge in [0.1, 0.15) is 11.7 Å². The predicted octanol–water partition coefficient (Wildman–Crippen LogP) is 1.01. The van der Waals surface area contributed by atoms with Gasteiger partial charge in [0.2, 0.25) is 0 Å². The van der Waals surface area contributed by atoms with Crippen LogP contribution in [0.2, 0.25) is 0 Å². The molecule has 0 aromatic rings. The van der Waals surface area contributed by atoms with E-state index >= 15 is 0 Å². The second kappa shape index (κ2) is 3.32. The highest BCUT2D eigenvalue weighted by Gasteiger charge is 2.12. The molecule has 0 saturated heterocycles. The highest BCUT2D eigenvalue weighted by molar-refractivity contribution is 9.09. The van der Waals surface area contributed by atoms with Crippen molar-refractivity contribution < 1.29 is 13.9 Å². The molecule has 2 unspecified atom stereocenters. The Kier molecular flexibility index (Phi) is 3.46. The van der Waals surface area contributed by atoms with Gasteiger partial charge in [0, 0.05) is 0 Å². The number of aliphatic hydroxyl groups is 1. The monoisotopic (exact) mass is 174 g/mol. The van der Waals surface area contributed by atoms with Crippen molar-refractivity contribution in [2.24, 2.45) is 0 Å². The molecule has 0 fully saturated rings. The smallest absolute Gasteiger partial charge is 0.164 e. The van der Waals surface area contributed by atoms with Crippen molar-refractivity contribution in [3.63, 3.8) is 0 Å². The number of hydrogen-bond donors (Lipinski definition) is 1. The molecule has 0 rings (SSSR count). The van der Waals surface area contributed by atoms with E-state index in [0.717, 1.165) is 0 Å². The van der Waals surface area contributed by atoms with Crippen molar-refractivity contribution in [2.75, 3.05) is 6.67 Å². The number of aliphatic hydroxyl groups excluding tert-OH is 1. The fraction of sp³-hybridized carbons (Fsp3) is 1.00. The maximum absolute atomic E-state index is 11.6. The zero-order valence-corrected chi connectivity index (χ0v) is 5.03. The van der Waals surface area contributed by atoms with Crippen molar-refractivity contribution >= 4 is 15.9 Å². The Morgan fingerprint density at radius 3 is 2.14 bits per heavy atom. The van der Waals surface area contributed by atoms with Gasteiger partial charge >= 0.3 is 0 Å². The normalized spacial score (nSPS) is 18.9. The highest BCUT2D eigenvalue weighted by Crippen LogP contribution is 2.05. The van der Waals surface area contributed by atoms with E-state index in [0.29, 0.717) is 0 Å². The minimum absolute atomic E-state index is 1.15. The Morgan fingerprint density at radius 1 is 1.71 bits per heavy atom. The van der Waals surface area contributed by atoms with Crippen LogP contribution in [-0.4, -0.2) is 23.0 Å². The van der Waals surface area contributed by atoms with Crippen LogP contribution in [0.25, 0.3) is 0 Å². The maximum atomic E-state index is 11.6. The summed E-state index contributed by atoms with van der Waals surface area (Å²) in [6, 6.07) is 0. The lowest BCUT2D eigenvalue weighted by molar-refractivity contribution is 0.130. The minimum Gasteiger partial charge on any atom is -0.379 e. The van der Waals surface area contributed by atoms with Crippen LogP contribution in [0.1, 0.15) is 0 Å². The lowest BCUT2D eigenvalue weighted by Gasteiger charge is -2.01. The van der Waals surface area contributed by atoms with Gasteiger partial charge in [0.25, 0.3) is 0 Å². The summed E-state index contributed by atoms with van der Waals surface area (Å²) in [7, 11) is 0. The van der Waals surface area contributed by atoms with E-state index in [2.05, 4.69) is 15.9 Å². The van der Waals surface area contributed by atoms with Crippen LogP contribution in [0.4, 0.5) is 8.78 Å². The number of hydrogen-bond acceptors (Lipinski definition) is 1. The molecule has 44 valence electrons. The summed E-state index contributed by atoms with van der Waals surface area (Å²) in [6.07, 6.45) is -1.79. The predicted molar refractivity (Wildman–Crippen MR) is 25.8 cm³/mol. The molecular formula is C3H5BrF2O. The van der Waals surface area contributed by atoms with Crippen molar-refractivity contribution in [1.29, 1.82) is 0 Å². The van der Waals surface area contributed by atoms with E-state index in [9.17, 15) is 8.78 Å². The molecule has 0 aliphatic carbocycles. The molecule has 4 heteroatoms. The van der Waals surface area contributed by atoms with Gasteiger partial charge in [-0.05, 0) is 0 Å². The molecule has 0 saturated carbocycles. The molecule has 0 aliphatic rings. The summed E-state index contributed by atoms with van der Waals surface area (Å²) in [5, 5.41) is 6.76. The number of alkyl halides is 3. The third-order valence-electron chi connectivity index (χ3n) is 0.446. The van der Waals surface area contributed by atoms with E-state index < -0.39 is 17.9 Å². The quantitative estimate of drug-likeness (QED) is 0.620. The first-order chi connectivity index (χ1) is 3.18. The van der Waals surface area contributed by atoms with Crippen LogP contribution < -0.4 is 0 Å². The average Bonchev–Trinajstić information content (AvgIpc) is 1.65. The summed E-state index contributed by atoms with van der Waals surface area (Å²) >= 11 is 2.44. The highest BCUT2D eigenvalue weighted by atomic mass is 79.9. The number of halogens is 3. The largest absolute Gasteiger partial charge is 0.379 e. The molecule has 1 nitrogen and oxygen atoms in total. The molecule has 2 atom stereocenters. The van der Waals surface area contributed by atoms with Crippen molar-refractivity contribution in [1.82, 2.24) is 0 Å². The molecule has 0 aromatic heterocycles. The summed E-state index contributed by atoms with van der Waals surface area (Å²) in [5.41, 5.74) is 0. The van der Waals surface area contributed by atoms with Crippen LogP contribution in [0, 0.1) is 0 Å². The lowest BCUT2D eigenvalue weighted by atomic mass is 10.5. The Bertz CT molecular complexity index is 50.2. The van der Waals surface area contributed by atoms with E-state index in [1.165, 1.54) is 0 Å². The van der Waals surface area contributed by atoms with Crippen LogP contribution in [-0.2, 0) is 0 Å². The second-order valence-electron chi connectivity index (χ2n) is 1.04. The SMILES string of the molecule is OC(Br)C(F)CF. The summed E-state index contributed by atoms with van der Waals surface area (Å²) < 4.78 is 22.7. The van der Waals surface area contributed by atoms with Crippen LogP contribution >= 0.6 is 15.9 Å². The molecule has 1 N–H and O–H groups in total. The Balaban J connectivity index is 3.14. The zero-order chi connectivity index (χ0) is 5.86. The third kappa shape index (κ3) is 2.93. The maximum Gasteiger partial charge on any atom is 0.164 e. The fourth-order valence-corrected chi connectivity index (χ4v) is 0.215. The Labute approximate surface area is 48.5 Å². The van der Waals surface area contributed by atoms with E-state index in [-0.39, 0.29) is 0 Å². The summed E-state index contributed by atoms with van der Waals surface area (Å²) in [4.78, 5) is 0. The first kappa shape index (κ1) is 7.30. The molecule has 0 aromatic carbocycles. The van der Waals surface area contributed by atoms with Gasteiger partial charge < -0.3 is 5.11 Å². The topological polar surface area (TPSA) is 20.2 Å². The summed E-state index contributed by atoms with van der Waals surface area (Å²) in [5.74, 6) is 0. The average molecular weight is 175 g/mol. The zero-order valence-electron chi connectivity index (χ0n) is 3.44. The second-order valence-corrected chi connectivity index (χ2v) is 1.98. The molecular weight excluding hydrogens is 170 g/mol. The van der Waals surface area contributed by atoms with Crippen molar-refractivity contribution in [3.8, 4) is 0 Å². The molecule has 0 spiro atoms. The Morgan fingerprint density at radius 2 is 2.14 bits per heavy atom. The van der Waals surface area contributed by atoms with Crippen LogP contribution in [0.3, 0.4) is 0 Å². The van der Waals surface area contributed by atoms with Gasteiger partial charge in [-0.1, -0.05) is 15.9 Å². The molecule has 0 radical (unpaired) electrons. The van der Waals surface area contributed by atoms with Crippen LogP contribution in [0.15, 0.2) is 0 Å². The summed E-state index contributed by atoms with van der Waals surface area (Å²) in [6.45, 7) is -1.15. The first-order valence-electron chi connectivity index (χ1n) is 1.70. The third-order valence-corrected chi connectivity index (χ3v) is 1.02.